The van der Waals surface area contributed by atoms with Crippen molar-refractivity contribution < 1.29 is 0 Å². The van der Waals surface area contributed by atoms with Gasteiger partial charge < -0.3 is 5.73 Å². The highest BCUT2D eigenvalue weighted by Crippen LogP contribution is 2.10. The van der Waals surface area contributed by atoms with Crippen LogP contribution in [-0.4, -0.2) is 0 Å². The lowest BCUT2D eigenvalue weighted by Gasteiger charge is -1.93. The van der Waals surface area contributed by atoms with Gasteiger partial charge >= 0.3 is 0 Å². The second-order valence-electron chi connectivity index (χ2n) is 1.38. The summed E-state index contributed by atoms with van der Waals surface area (Å²) in [4.78, 5) is 0. The van der Waals surface area contributed by atoms with Crippen molar-refractivity contribution in [2.45, 2.75) is 13.8 Å². The van der Waals surface area contributed by atoms with E-state index in [1.165, 1.54) is 0 Å². The lowest BCUT2D eigenvalue weighted by atomic mass is 10.4. The molecule has 0 aromatic carbocycles. The van der Waals surface area contributed by atoms with Crippen molar-refractivity contribution in [3.8, 4) is 0 Å². The Hall–Kier alpha value is -0.240. The molecule has 0 amide bonds. The molecule has 0 saturated carbocycles. The van der Waals surface area contributed by atoms with Crippen molar-refractivity contribution in [1.29, 1.82) is 0 Å². The first kappa shape index (κ1) is 7.76. The molecule has 0 heterocycles. The maximum Gasteiger partial charge on any atom is 0.0411 e. The lowest BCUT2D eigenvalue weighted by molar-refractivity contribution is 1.37. The minimum Gasteiger partial charge on any atom is -0.398 e. The maximum atomic E-state index is 5.47. The van der Waals surface area contributed by atoms with Gasteiger partial charge in [0.15, 0.2) is 0 Å². The monoisotopic (exact) mass is 175 g/mol. The molecule has 0 aliphatic carbocycles. The average Bonchev–Trinajstić information content (AvgIpc) is 1.84. The Morgan fingerprint density at radius 3 is 2.00 bits per heavy atom. The lowest BCUT2D eigenvalue weighted by Crippen LogP contribution is -1.94. The van der Waals surface area contributed by atoms with Gasteiger partial charge in [-0.15, -0.1) is 0 Å². The fourth-order valence-corrected chi connectivity index (χ4v) is 0.533. The molecular formula is C6H10BrN. The molecule has 0 aliphatic heterocycles. The van der Waals surface area contributed by atoms with E-state index in [0.29, 0.717) is 0 Å². The molecule has 0 atom stereocenters. The zero-order valence-corrected chi connectivity index (χ0v) is 6.70. The molecule has 46 valence electrons. The molecule has 0 fully saturated rings. The molecule has 0 bridgehead atoms. The van der Waals surface area contributed by atoms with E-state index in [0.717, 1.165) is 10.2 Å². The van der Waals surface area contributed by atoms with Crippen molar-refractivity contribution in [2.75, 3.05) is 0 Å². The van der Waals surface area contributed by atoms with Gasteiger partial charge in [-0.3, -0.25) is 0 Å². The Morgan fingerprint density at radius 1 is 1.38 bits per heavy atom. The van der Waals surface area contributed by atoms with E-state index in [1.54, 1.807) is 0 Å². The number of hydrogen-bond acceptors (Lipinski definition) is 1. The van der Waals surface area contributed by atoms with Crippen LogP contribution in [0, 0.1) is 0 Å². The van der Waals surface area contributed by atoms with Gasteiger partial charge in [0.25, 0.3) is 0 Å². The third kappa shape index (κ3) is 2.17. The van der Waals surface area contributed by atoms with Crippen molar-refractivity contribution in [1.82, 2.24) is 0 Å². The average molecular weight is 176 g/mol. The summed E-state index contributed by atoms with van der Waals surface area (Å²) in [5, 5.41) is 0. The van der Waals surface area contributed by atoms with Crippen LogP contribution in [0.1, 0.15) is 13.8 Å². The molecule has 0 unspecified atom stereocenters. The molecule has 0 aromatic heterocycles. The van der Waals surface area contributed by atoms with Crippen LogP contribution < -0.4 is 5.73 Å². The number of nitrogens with two attached hydrogens (primary N) is 1. The number of rotatable bonds is 1. The normalized spacial score (nSPS) is 14.4. The quantitative estimate of drug-likeness (QED) is 0.608. The molecule has 0 aliphatic rings. The zero-order chi connectivity index (χ0) is 6.57. The van der Waals surface area contributed by atoms with Crippen molar-refractivity contribution in [2.24, 2.45) is 5.73 Å². The summed E-state index contributed by atoms with van der Waals surface area (Å²) in [6.45, 7) is 3.83. The van der Waals surface area contributed by atoms with Gasteiger partial charge in [0, 0.05) is 10.2 Å². The summed E-state index contributed by atoms with van der Waals surface area (Å²) in [5.41, 5.74) is 6.26. The van der Waals surface area contributed by atoms with Gasteiger partial charge in [-0.25, -0.2) is 0 Å². The van der Waals surface area contributed by atoms with Crippen LogP contribution in [0.25, 0.3) is 0 Å². The van der Waals surface area contributed by atoms with Crippen LogP contribution in [-0.2, 0) is 0 Å². The summed E-state index contributed by atoms with van der Waals surface area (Å²) < 4.78 is 0.958. The van der Waals surface area contributed by atoms with E-state index in [4.69, 9.17) is 5.73 Å². The van der Waals surface area contributed by atoms with E-state index in [-0.39, 0.29) is 0 Å². The Morgan fingerprint density at radius 2 is 1.88 bits per heavy atom. The molecule has 0 aromatic rings. The van der Waals surface area contributed by atoms with Crippen molar-refractivity contribution >= 4 is 15.9 Å². The van der Waals surface area contributed by atoms with Gasteiger partial charge in [0.1, 0.15) is 0 Å². The summed E-state index contributed by atoms with van der Waals surface area (Å²) in [5.74, 6) is 0. The molecule has 0 spiro atoms. The number of hydrogen-bond donors (Lipinski definition) is 1. The largest absolute Gasteiger partial charge is 0.398 e. The number of halogens is 1. The van der Waals surface area contributed by atoms with E-state index in [2.05, 4.69) is 15.9 Å². The van der Waals surface area contributed by atoms with Gasteiger partial charge in [-0.1, -0.05) is 12.2 Å². The van der Waals surface area contributed by atoms with Crippen LogP contribution >= 0.6 is 15.9 Å². The summed E-state index contributed by atoms with van der Waals surface area (Å²) in [6, 6.07) is 0. The predicted molar refractivity (Wildman–Crippen MR) is 40.6 cm³/mol. The Labute approximate surface area is 58.4 Å². The van der Waals surface area contributed by atoms with Crippen LogP contribution in [0.4, 0.5) is 0 Å². The zero-order valence-electron chi connectivity index (χ0n) is 5.11. The van der Waals surface area contributed by atoms with Crippen molar-refractivity contribution in [3.05, 3.63) is 22.3 Å². The van der Waals surface area contributed by atoms with Crippen molar-refractivity contribution in [3.63, 3.8) is 0 Å². The first-order chi connectivity index (χ1) is 3.72. The fourth-order valence-electron chi connectivity index (χ4n) is 0.305. The smallest absolute Gasteiger partial charge is 0.0411 e. The molecule has 0 saturated heterocycles. The molecule has 0 rings (SSSR count). The van der Waals surface area contributed by atoms with Gasteiger partial charge in [0.2, 0.25) is 0 Å². The third-order valence-electron chi connectivity index (χ3n) is 0.840. The highest BCUT2D eigenvalue weighted by molar-refractivity contribution is 9.11. The molecular weight excluding hydrogens is 166 g/mol. The van der Waals surface area contributed by atoms with Gasteiger partial charge in [-0.05, 0) is 29.8 Å². The Bertz CT molecular complexity index is 108. The Balaban J connectivity index is 4.04. The third-order valence-corrected chi connectivity index (χ3v) is 1.76. The molecule has 8 heavy (non-hydrogen) atoms. The van der Waals surface area contributed by atoms with E-state index < -0.39 is 0 Å². The summed E-state index contributed by atoms with van der Waals surface area (Å²) in [7, 11) is 0. The van der Waals surface area contributed by atoms with Crippen LogP contribution in [0.2, 0.25) is 0 Å². The van der Waals surface area contributed by atoms with E-state index >= 15 is 0 Å². The Kier molecular flexibility index (Phi) is 3.61. The second kappa shape index (κ2) is 3.72. The highest BCUT2D eigenvalue weighted by Gasteiger charge is 1.88. The minimum atomic E-state index is 0.785. The summed E-state index contributed by atoms with van der Waals surface area (Å²) in [6.07, 6.45) is 3.76. The van der Waals surface area contributed by atoms with Crippen LogP contribution in [0.15, 0.2) is 22.3 Å². The predicted octanol–water partition coefficient (Wildman–Crippen LogP) is 2.15. The standard InChI is InChI=1S/C6H10BrN/c1-3-5(7)6(8)4-2/h3-4H,8H2,1-2H3/b5-3+,6-4+. The van der Waals surface area contributed by atoms with Crippen LogP contribution in [0.5, 0.6) is 0 Å². The fraction of sp³-hybridized carbons (Fsp3) is 0.333. The first-order valence-electron chi connectivity index (χ1n) is 2.46. The van der Waals surface area contributed by atoms with E-state index in [1.807, 2.05) is 26.0 Å². The SMILES string of the molecule is C/C=C(N)\C(Br)=C/C. The van der Waals surface area contributed by atoms with E-state index in [9.17, 15) is 0 Å². The second-order valence-corrected chi connectivity index (χ2v) is 2.23. The minimum absolute atomic E-state index is 0.785. The molecule has 1 nitrogen and oxygen atoms in total. The molecule has 0 radical (unpaired) electrons. The van der Waals surface area contributed by atoms with Gasteiger partial charge in [0.05, 0.1) is 0 Å². The molecule has 2 heteroatoms. The maximum absolute atomic E-state index is 5.47. The first-order valence-corrected chi connectivity index (χ1v) is 3.25. The van der Waals surface area contributed by atoms with Crippen LogP contribution in [0.3, 0.4) is 0 Å². The topological polar surface area (TPSA) is 26.0 Å². The number of allylic oxidation sites excluding steroid dienone is 3. The summed E-state index contributed by atoms with van der Waals surface area (Å²) >= 11 is 3.27. The highest BCUT2D eigenvalue weighted by atomic mass is 79.9. The van der Waals surface area contributed by atoms with Gasteiger partial charge in [-0.2, -0.15) is 0 Å². The molecule has 2 N–H and O–H groups in total.